The van der Waals surface area contributed by atoms with Crippen LogP contribution in [0.25, 0.3) is 0 Å². The third-order valence-corrected chi connectivity index (χ3v) is 3.22. The van der Waals surface area contributed by atoms with Crippen LogP contribution in [-0.2, 0) is 4.79 Å². The molecule has 0 saturated carbocycles. The summed E-state index contributed by atoms with van der Waals surface area (Å²) in [6, 6.07) is 0. The molecule has 2 N–H and O–H groups in total. The van der Waals surface area contributed by atoms with Crippen LogP contribution in [0.1, 0.15) is 58.3 Å². The fraction of sp³-hybridized carbons (Fsp3) is 0.867. The number of aliphatic hydroxyl groups excluding tert-OH is 1. The first-order valence-electron chi connectivity index (χ1n) is 7.85. The maximum atomic E-state index is 11.6. The quantitative estimate of drug-likeness (QED) is 0.169. The second-order valence-corrected chi connectivity index (χ2v) is 5.20. The Labute approximate surface area is 176 Å². The van der Waals surface area contributed by atoms with Gasteiger partial charge in [-0.1, -0.05) is 32.6 Å². The molecule has 22 heavy (non-hydrogen) atoms. The summed E-state index contributed by atoms with van der Waals surface area (Å²) in [6.07, 6.45) is 6.52. The molecule has 7 heteroatoms. The molecule has 0 saturated heterocycles. The van der Waals surface area contributed by atoms with Crippen molar-refractivity contribution < 1.29 is 71.5 Å². The van der Waals surface area contributed by atoms with Crippen molar-refractivity contribution >= 4 is 11.9 Å². The van der Waals surface area contributed by atoms with E-state index in [1.165, 1.54) is 12.8 Å². The number of aliphatic imine (C=N–C) groups is 1. The standard InChI is InChI=1S/C15H30N2O4.K/c1-2-3-4-5-6-8-14(19)16-13-17(10-7-12-18)11-9-15(20)21;/h18H,2-13H2,1H3,(H,16,19)(H,20,21);/q;+1/p-1. The van der Waals surface area contributed by atoms with Crippen LogP contribution < -0.4 is 56.5 Å². The predicted octanol–water partition coefficient (Wildman–Crippen LogP) is -1.77. The molecule has 0 unspecified atom stereocenters. The Morgan fingerprint density at radius 2 is 1.77 bits per heavy atom. The average molecular weight is 341 g/mol. The van der Waals surface area contributed by atoms with Gasteiger partial charge in [0.2, 0.25) is 0 Å². The fourth-order valence-corrected chi connectivity index (χ4v) is 1.94. The van der Waals surface area contributed by atoms with Gasteiger partial charge in [-0.3, -0.25) is 14.7 Å². The van der Waals surface area contributed by atoms with Crippen LogP contribution in [-0.4, -0.2) is 53.3 Å². The number of nitrogens with zero attached hydrogens (tertiary/aromatic N) is 2. The van der Waals surface area contributed by atoms with Gasteiger partial charge in [-0.05, 0) is 25.2 Å². The molecule has 0 rings (SSSR count). The van der Waals surface area contributed by atoms with Crippen molar-refractivity contribution in [1.82, 2.24) is 4.90 Å². The number of unbranched alkanes of at least 4 members (excludes halogenated alkanes) is 4. The van der Waals surface area contributed by atoms with Crippen LogP contribution in [0.4, 0.5) is 0 Å². The van der Waals surface area contributed by atoms with Gasteiger partial charge in [0, 0.05) is 19.7 Å². The first-order valence-corrected chi connectivity index (χ1v) is 7.85. The van der Waals surface area contributed by atoms with Crippen LogP contribution in [0.2, 0.25) is 0 Å². The van der Waals surface area contributed by atoms with E-state index in [0.717, 1.165) is 19.3 Å². The zero-order valence-electron chi connectivity index (χ0n) is 14.1. The monoisotopic (exact) mass is 340 g/mol. The third-order valence-electron chi connectivity index (χ3n) is 3.22. The van der Waals surface area contributed by atoms with Gasteiger partial charge in [0.05, 0.1) is 13.1 Å². The Morgan fingerprint density at radius 3 is 2.36 bits per heavy atom. The molecule has 0 aliphatic heterocycles. The summed E-state index contributed by atoms with van der Waals surface area (Å²) in [7, 11) is 0. The zero-order valence-corrected chi connectivity index (χ0v) is 17.2. The molecular weight excluding hydrogens is 311 g/mol. The van der Waals surface area contributed by atoms with Crippen LogP contribution in [0.5, 0.6) is 0 Å². The summed E-state index contributed by atoms with van der Waals surface area (Å²) in [5.41, 5.74) is 0. The van der Waals surface area contributed by atoms with E-state index in [1.807, 2.05) is 0 Å². The Morgan fingerprint density at radius 1 is 1.09 bits per heavy atom. The van der Waals surface area contributed by atoms with Gasteiger partial charge in [0.25, 0.3) is 0 Å². The van der Waals surface area contributed by atoms with E-state index in [4.69, 9.17) is 10.2 Å². The Bertz CT molecular complexity index is 301. The number of carboxylic acids is 1. The van der Waals surface area contributed by atoms with E-state index in [9.17, 15) is 9.90 Å². The molecule has 0 atom stereocenters. The van der Waals surface area contributed by atoms with Crippen molar-refractivity contribution in [2.45, 2.75) is 58.3 Å². The summed E-state index contributed by atoms with van der Waals surface area (Å²) in [4.78, 5) is 16.3. The van der Waals surface area contributed by atoms with Crippen molar-refractivity contribution in [3.8, 4) is 0 Å². The molecule has 0 aromatic heterocycles. The van der Waals surface area contributed by atoms with E-state index in [2.05, 4.69) is 11.9 Å². The zero-order chi connectivity index (χ0) is 15.9. The normalized spacial score (nSPS) is 11.5. The topological polar surface area (TPSA) is 96.2 Å². The summed E-state index contributed by atoms with van der Waals surface area (Å²) in [5.74, 6) is -0.984. The third kappa shape index (κ3) is 16.9. The summed E-state index contributed by atoms with van der Waals surface area (Å²) in [5, 5.41) is 29.1. The number of carboxylic acid groups (broad SMARTS) is 1. The average Bonchev–Trinajstić information content (AvgIpc) is 2.46. The van der Waals surface area contributed by atoms with Crippen molar-refractivity contribution in [1.29, 1.82) is 0 Å². The van der Waals surface area contributed by atoms with E-state index >= 15 is 0 Å². The Balaban J connectivity index is 0. The first-order chi connectivity index (χ1) is 10.1. The molecule has 0 aromatic carbocycles. The summed E-state index contributed by atoms with van der Waals surface area (Å²) >= 11 is 0. The minimum atomic E-state index is -0.869. The largest absolute Gasteiger partial charge is 1.00 e. The van der Waals surface area contributed by atoms with Gasteiger partial charge in [-0.2, -0.15) is 0 Å². The second kappa shape index (κ2) is 17.8. The molecule has 0 aromatic rings. The smallest absolute Gasteiger partial charge is 0.862 e. The molecule has 0 heterocycles. The van der Waals surface area contributed by atoms with Gasteiger partial charge in [0.15, 0.2) is 0 Å². The molecular formula is C15H29KN2O4. The van der Waals surface area contributed by atoms with Crippen molar-refractivity contribution in [3.63, 3.8) is 0 Å². The SMILES string of the molecule is CCCCCCCC([O-])=NCN(CCCO)CCC(=O)O.[K+]. The van der Waals surface area contributed by atoms with E-state index in [0.29, 0.717) is 25.9 Å². The van der Waals surface area contributed by atoms with Crippen LogP contribution >= 0.6 is 0 Å². The van der Waals surface area contributed by atoms with Crippen LogP contribution in [0.15, 0.2) is 4.99 Å². The summed E-state index contributed by atoms with van der Waals surface area (Å²) in [6.45, 7) is 3.33. The molecule has 0 radical (unpaired) electrons. The number of carbonyl (C=O) groups is 1. The first kappa shape index (κ1) is 24.7. The van der Waals surface area contributed by atoms with E-state index in [-0.39, 0.29) is 77.0 Å². The van der Waals surface area contributed by atoms with Crippen molar-refractivity contribution in [3.05, 3.63) is 0 Å². The van der Waals surface area contributed by atoms with Gasteiger partial charge < -0.3 is 15.3 Å². The molecule has 124 valence electrons. The predicted molar refractivity (Wildman–Crippen MR) is 81.2 cm³/mol. The molecule has 0 amide bonds. The Hall–Kier alpha value is 0.496. The Kier molecular flexibility index (Phi) is 20.1. The second-order valence-electron chi connectivity index (χ2n) is 5.20. The maximum Gasteiger partial charge on any atom is 1.00 e. The van der Waals surface area contributed by atoms with Gasteiger partial charge in [-0.15, -0.1) is 0 Å². The number of aliphatic hydroxyl groups is 1. The molecule has 0 aliphatic carbocycles. The number of rotatable bonds is 14. The number of aliphatic carboxylic acids is 1. The van der Waals surface area contributed by atoms with Crippen LogP contribution in [0, 0.1) is 0 Å². The van der Waals surface area contributed by atoms with Gasteiger partial charge in [0.1, 0.15) is 0 Å². The van der Waals surface area contributed by atoms with Crippen molar-refractivity contribution in [2.75, 3.05) is 26.4 Å². The molecule has 0 fully saturated rings. The van der Waals surface area contributed by atoms with E-state index < -0.39 is 5.97 Å². The van der Waals surface area contributed by atoms with Crippen molar-refractivity contribution in [2.24, 2.45) is 4.99 Å². The molecule has 6 nitrogen and oxygen atoms in total. The summed E-state index contributed by atoms with van der Waals surface area (Å²) < 4.78 is 0. The minimum absolute atomic E-state index is 0. The maximum absolute atomic E-state index is 11.6. The number of hydrogen-bond acceptors (Lipinski definition) is 5. The van der Waals surface area contributed by atoms with Gasteiger partial charge in [-0.25, -0.2) is 0 Å². The fourth-order valence-electron chi connectivity index (χ4n) is 1.94. The molecule has 0 bridgehead atoms. The minimum Gasteiger partial charge on any atom is -0.862 e. The van der Waals surface area contributed by atoms with Gasteiger partial charge >= 0.3 is 57.4 Å². The molecule has 0 spiro atoms. The van der Waals surface area contributed by atoms with E-state index in [1.54, 1.807) is 4.90 Å². The molecule has 0 aliphatic rings. The number of hydrogen-bond donors (Lipinski definition) is 2. The van der Waals surface area contributed by atoms with Crippen LogP contribution in [0.3, 0.4) is 0 Å².